The third-order valence-corrected chi connectivity index (χ3v) is 1.30. The van der Waals surface area contributed by atoms with Gasteiger partial charge in [-0.25, -0.2) is 4.39 Å². The summed E-state index contributed by atoms with van der Waals surface area (Å²) in [6.07, 6.45) is 6.20. The van der Waals surface area contributed by atoms with E-state index < -0.39 is 0 Å². The number of alkyl halides is 1. The summed E-state index contributed by atoms with van der Waals surface area (Å²) in [5.41, 5.74) is 0.727. The zero-order chi connectivity index (χ0) is 8.10. The molecule has 58 valence electrons. The van der Waals surface area contributed by atoms with Crippen LogP contribution in [0.4, 0.5) is 4.39 Å². The van der Waals surface area contributed by atoms with Gasteiger partial charge in [-0.3, -0.25) is 4.98 Å². The number of hydrogen-bond donors (Lipinski definition) is 0. The molecule has 0 N–H and O–H groups in total. The van der Waals surface area contributed by atoms with Gasteiger partial charge in [0, 0.05) is 12.1 Å². The molecule has 11 heavy (non-hydrogen) atoms. The molecule has 1 aromatic heterocycles. The molecular formula is C8H7ClFN. The highest BCUT2D eigenvalue weighted by Crippen LogP contribution is 2.02. The summed E-state index contributed by atoms with van der Waals surface area (Å²) in [6, 6.07) is 1.40. The smallest absolute Gasteiger partial charge is 0.142 e. The van der Waals surface area contributed by atoms with Gasteiger partial charge in [0.1, 0.15) is 5.82 Å². The second-order valence-corrected chi connectivity index (χ2v) is 2.30. The van der Waals surface area contributed by atoms with Gasteiger partial charge in [-0.2, -0.15) is 0 Å². The predicted molar refractivity (Wildman–Crippen MR) is 43.9 cm³/mol. The summed E-state index contributed by atoms with van der Waals surface area (Å²) < 4.78 is 12.5. The zero-order valence-electron chi connectivity index (χ0n) is 5.80. The van der Waals surface area contributed by atoms with Crippen LogP contribution in [-0.4, -0.2) is 10.9 Å². The number of hydrogen-bond acceptors (Lipinski definition) is 1. The van der Waals surface area contributed by atoms with Crippen molar-refractivity contribution in [1.82, 2.24) is 4.98 Å². The van der Waals surface area contributed by atoms with Crippen molar-refractivity contribution in [2.45, 2.75) is 0 Å². The molecule has 1 aromatic rings. The molecule has 1 nitrogen and oxygen atoms in total. The first-order chi connectivity index (χ1) is 5.33. The van der Waals surface area contributed by atoms with Crippen LogP contribution in [0.25, 0.3) is 6.08 Å². The fourth-order valence-corrected chi connectivity index (χ4v) is 0.789. The molecule has 1 heterocycles. The van der Waals surface area contributed by atoms with E-state index in [-0.39, 0.29) is 5.82 Å². The number of allylic oxidation sites excluding steroid dienone is 1. The van der Waals surface area contributed by atoms with Gasteiger partial charge in [-0.05, 0) is 11.6 Å². The van der Waals surface area contributed by atoms with E-state index in [4.69, 9.17) is 11.6 Å². The molecule has 0 saturated carbocycles. The molecule has 0 atom stereocenters. The zero-order valence-corrected chi connectivity index (χ0v) is 6.55. The average molecular weight is 172 g/mol. The number of nitrogens with zero attached hydrogens (tertiary/aromatic N) is 1. The topological polar surface area (TPSA) is 12.9 Å². The van der Waals surface area contributed by atoms with E-state index >= 15 is 0 Å². The largest absolute Gasteiger partial charge is 0.261 e. The van der Waals surface area contributed by atoms with Crippen molar-refractivity contribution in [3.05, 3.63) is 35.9 Å². The average Bonchev–Trinajstić information content (AvgIpc) is 2.01. The van der Waals surface area contributed by atoms with E-state index in [2.05, 4.69) is 4.98 Å². The number of pyridine rings is 1. The molecule has 0 bridgehead atoms. The lowest BCUT2D eigenvalue weighted by molar-refractivity contribution is 0.621. The third-order valence-electron chi connectivity index (χ3n) is 1.13. The molecule has 3 heteroatoms. The highest BCUT2D eigenvalue weighted by molar-refractivity contribution is 6.19. The monoisotopic (exact) mass is 171 g/mol. The lowest BCUT2D eigenvalue weighted by Crippen LogP contribution is -1.79. The van der Waals surface area contributed by atoms with E-state index in [0.717, 1.165) is 11.8 Å². The van der Waals surface area contributed by atoms with Gasteiger partial charge in [-0.15, -0.1) is 11.6 Å². The first-order valence-corrected chi connectivity index (χ1v) is 3.69. The van der Waals surface area contributed by atoms with Crippen molar-refractivity contribution in [1.29, 1.82) is 0 Å². The third kappa shape index (κ3) is 2.68. The SMILES string of the molecule is Fc1cncc(C=CCCl)c1. The highest BCUT2D eigenvalue weighted by atomic mass is 35.5. The van der Waals surface area contributed by atoms with Crippen molar-refractivity contribution in [2.24, 2.45) is 0 Å². The van der Waals surface area contributed by atoms with Crippen molar-refractivity contribution < 1.29 is 4.39 Å². The fourth-order valence-electron chi connectivity index (χ4n) is 0.700. The van der Waals surface area contributed by atoms with E-state index in [1.165, 1.54) is 6.07 Å². The molecule has 0 aromatic carbocycles. The Labute approximate surface area is 69.5 Å². The summed E-state index contributed by atoms with van der Waals surface area (Å²) >= 11 is 5.39. The molecule has 0 spiro atoms. The molecular weight excluding hydrogens is 165 g/mol. The normalized spacial score (nSPS) is 10.7. The molecule has 0 amide bonds. The number of rotatable bonds is 2. The minimum absolute atomic E-state index is 0.332. The maximum Gasteiger partial charge on any atom is 0.142 e. The van der Waals surface area contributed by atoms with Gasteiger partial charge in [0.2, 0.25) is 0 Å². The predicted octanol–water partition coefficient (Wildman–Crippen LogP) is 2.47. The molecule has 0 aliphatic rings. The van der Waals surface area contributed by atoms with Crippen molar-refractivity contribution in [3.8, 4) is 0 Å². The van der Waals surface area contributed by atoms with Gasteiger partial charge < -0.3 is 0 Å². The number of halogens is 2. The maximum absolute atomic E-state index is 12.5. The first kappa shape index (κ1) is 8.21. The Morgan fingerprint density at radius 1 is 1.55 bits per heavy atom. The van der Waals surface area contributed by atoms with Gasteiger partial charge in [0.05, 0.1) is 6.20 Å². The van der Waals surface area contributed by atoms with Gasteiger partial charge in [0.25, 0.3) is 0 Å². The van der Waals surface area contributed by atoms with E-state index in [1.54, 1.807) is 18.3 Å². The number of aromatic nitrogens is 1. The Kier molecular flexibility index (Phi) is 3.05. The van der Waals surface area contributed by atoms with Crippen LogP contribution in [0.15, 0.2) is 24.5 Å². The Hall–Kier alpha value is -0.890. The van der Waals surface area contributed by atoms with Crippen LogP contribution in [0.3, 0.4) is 0 Å². The minimum Gasteiger partial charge on any atom is -0.261 e. The summed E-state index contributed by atoms with van der Waals surface area (Å²) in [5, 5.41) is 0. The molecule has 0 aliphatic heterocycles. The van der Waals surface area contributed by atoms with Crippen LogP contribution in [0, 0.1) is 5.82 Å². The Morgan fingerprint density at radius 2 is 2.36 bits per heavy atom. The van der Waals surface area contributed by atoms with Crippen LogP contribution < -0.4 is 0 Å². The standard InChI is InChI=1S/C8H7ClFN/c9-3-1-2-7-4-8(10)6-11-5-7/h1-2,4-6H,3H2. The van der Waals surface area contributed by atoms with Crippen LogP contribution in [0.1, 0.15) is 5.56 Å². The Balaban J connectivity index is 2.79. The minimum atomic E-state index is -0.332. The van der Waals surface area contributed by atoms with Crippen molar-refractivity contribution in [2.75, 3.05) is 5.88 Å². The summed E-state index contributed by atoms with van der Waals surface area (Å²) in [7, 11) is 0. The second-order valence-electron chi connectivity index (χ2n) is 1.99. The highest BCUT2D eigenvalue weighted by Gasteiger charge is 1.89. The molecule has 0 fully saturated rings. The van der Waals surface area contributed by atoms with Gasteiger partial charge in [-0.1, -0.05) is 12.2 Å². The quantitative estimate of drug-likeness (QED) is 0.623. The summed E-state index contributed by atoms with van der Waals surface area (Å²) in [4.78, 5) is 3.67. The van der Waals surface area contributed by atoms with E-state index in [9.17, 15) is 4.39 Å². The lowest BCUT2D eigenvalue weighted by atomic mass is 10.2. The summed E-state index contributed by atoms with van der Waals surface area (Å²) in [5.74, 6) is 0.0954. The first-order valence-electron chi connectivity index (χ1n) is 3.16. The molecule has 0 radical (unpaired) electrons. The lowest BCUT2D eigenvalue weighted by Gasteiger charge is -1.90. The Morgan fingerprint density at radius 3 is 3.00 bits per heavy atom. The van der Waals surface area contributed by atoms with E-state index in [1.807, 2.05) is 0 Å². The second kappa shape index (κ2) is 4.09. The van der Waals surface area contributed by atoms with Gasteiger partial charge >= 0.3 is 0 Å². The Bertz CT molecular complexity index is 260. The van der Waals surface area contributed by atoms with E-state index in [0.29, 0.717) is 5.88 Å². The van der Waals surface area contributed by atoms with Crippen LogP contribution >= 0.6 is 11.6 Å². The maximum atomic E-state index is 12.5. The van der Waals surface area contributed by atoms with Gasteiger partial charge in [0.15, 0.2) is 0 Å². The van der Waals surface area contributed by atoms with Crippen LogP contribution in [0.2, 0.25) is 0 Å². The summed E-state index contributed by atoms with van der Waals surface area (Å²) in [6.45, 7) is 0. The van der Waals surface area contributed by atoms with Crippen LogP contribution in [0.5, 0.6) is 0 Å². The van der Waals surface area contributed by atoms with Crippen molar-refractivity contribution >= 4 is 17.7 Å². The molecule has 0 saturated heterocycles. The van der Waals surface area contributed by atoms with Crippen LogP contribution in [-0.2, 0) is 0 Å². The fraction of sp³-hybridized carbons (Fsp3) is 0.125. The molecule has 0 unspecified atom stereocenters. The molecule has 1 rings (SSSR count). The molecule has 0 aliphatic carbocycles. The van der Waals surface area contributed by atoms with Crippen molar-refractivity contribution in [3.63, 3.8) is 0 Å².